The smallest absolute Gasteiger partial charge is 0.246 e. The molecule has 0 bridgehead atoms. The van der Waals surface area contributed by atoms with Crippen molar-refractivity contribution in [3.05, 3.63) is 0 Å². The van der Waals surface area contributed by atoms with Crippen molar-refractivity contribution in [2.75, 3.05) is 79.0 Å². The molecule has 12 nitrogen and oxygen atoms in total. The van der Waals surface area contributed by atoms with E-state index in [2.05, 4.69) is 35.1 Å². The van der Waals surface area contributed by atoms with E-state index in [-0.39, 0.29) is 43.4 Å². The predicted molar refractivity (Wildman–Crippen MR) is 199 cm³/mol. The number of rotatable bonds is 39. The number of amides is 4. The molecule has 12 heteroatoms. The summed E-state index contributed by atoms with van der Waals surface area (Å²) < 4.78 is 21.3. The Morgan fingerprint density at radius 2 is 0.680 bits per heavy atom. The van der Waals surface area contributed by atoms with E-state index in [1.54, 1.807) is 0 Å². The summed E-state index contributed by atoms with van der Waals surface area (Å²) in [6.45, 7) is 8.08. The van der Waals surface area contributed by atoms with Crippen LogP contribution >= 0.6 is 0 Å². The molecule has 4 N–H and O–H groups in total. The molecule has 0 aliphatic rings. The highest BCUT2D eigenvalue weighted by Gasteiger charge is 2.05. The van der Waals surface area contributed by atoms with E-state index in [9.17, 15) is 19.2 Å². The molecule has 0 aromatic rings. The summed E-state index contributed by atoms with van der Waals surface area (Å²) in [7, 11) is 0. The van der Waals surface area contributed by atoms with Gasteiger partial charge in [0.2, 0.25) is 23.6 Å². The van der Waals surface area contributed by atoms with Crippen LogP contribution in [-0.2, 0) is 38.1 Å². The summed E-state index contributed by atoms with van der Waals surface area (Å²) in [6, 6.07) is 0. The van der Waals surface area contributed by atoms with Crippen molar-refractivity contribution in [3.63, 3.8) is 0 Å². The highest BCUT2D eigenvalue weighted by atomic mass is 16.5. The van der Waals surface area contributed by atoms with Crippen LogP contribution in [0.25, 0.3) is 0 Å². The maximum absolute atomic E-state index is 12.0. The maximum Gasteiger partial charge on any atom is 0.246 e. The Kier molecular flexibility index (Phi) is 37.7. The van der Waals surface area contributed by atoms with Gasteiger partial charge in [-0.3, -0.25) is 19.2 Å². The first-order chi connectivity index (χ1) is 24.5. The van der Waals surface area contributed by atoms with Crippen LogP contribution in [-0.4, -0.2) is 103 Å². The van der Waals surface area contributed by atoms with Gasteiger partial charge in [0, 0.05) is 39.0 Å². The number of nitrogens with one attached hydrogen (secondary N) is 4. The Hall–Kier alpha value is -2.28. The maximum atomic E-state index is 12.0. The largest absolute Gasteiger partial charge is 0.377 e. The van der Waals surface area contributed by atoms with Crippen LogP contribution in [0.4, 0.5) is 0 Å². The van der Waals surface area contributed by atoms with Crippen LogP contribution in [0.1, 0.15) is 142 Å². The van der Waals surface area contributed by atoms with Gasteiger partial charge in [-0.1, -0.05) is 110 Å². The SMILES string of the molecule is CCCCCCCCCCCCCCCCCC(=O)NCCCC(=O)NCCOCCOCC(=O)NCCOCCOCC(=O)NCCCC. The summed E-state index contributed by atoms with van der Waals surface area (Å²) in [5.74, 6) is -0.379. The fraction of sp³-hybridized carbons (Fsp3) is 0.895. The van der Waals surface area contributed by atoms with E-state index in [0.717, 1.165) is 25.7 Å². The third kappa shape index (κ3) is 38.5. The van der Waals surface area contributed by atoms with Gasteiger partial charge in [0.15, 0.2) is 0 Å². The second kappa shape index (κ2) is 39.5. The van der Waals surface area contributed by atoms with Crippen molar-refractivity contribution < 1.29 is 38.1 Å². The molecule has 0 unspecified atom stereocenters. The third-order valence-electron chi connectivity index (χ3n) is 8.11. The normalized spacial score (nSPS) is 11.0. The van der Waals surface area contributed by atoms with Crippen LogP contribution < -0.4 is 21.3 Å². The third-order valence-corrected chi connectivity index (χ3v) is 8.11. The minimum absolute atomic E-state index is 0.0150. The van der Waals surface area contributed by atoms with Gasteiger partial charge in [-0.05, 0) is 19.3 Å². The van der Waals surface area contributed by atoms with Crippen molar-refractivity contribution in [1.29, 1.82) is 0 Å². The Bertz CT molecular complexity index is 803. The Morgan fingerprint density at radius 1 is 0.340 bits per heavy atom. The molecular weight excluding hydrogens is 640 g/mol. The molecule has 50 heavy (non-hydrogen) atoms. The van der Waals surface area contributed by atoms with E-state index in [4.69, 9.17) is 18.9 Å². The second-order valence-electron chi connectivity index (χ2n) is 12.9. The summed E-state index contributed by atoms with van der Waals surface area (Å²) in [4.78, 5) is 47.3. The average Bonchev–Trinajstić information content (AvgIpc) is 3.10. The molecule has 0 spiro atoms. The molecule has 294 valence electrons. The van der Waals surface area contributed by atoms with Crippen LogP contribution in [0.15, 0.2) is 0 Å². The highest BCUT2D eigenvalue weighted by molar-refractivity contribution is 5.77. The zero-order valence-corrected chi connectivity index (χ0v) is 31.9. The van der Waals surface area contributed by atoms with Crippen molar-refractivity contribution in [2.24, 2.45) is 0 Å². The lowest BCUT2D eigenvalue weighted by Crippen LogP contribution is -2.32. The van der Waals surface area contributed by atoms with Gasteiger partial charge in [0.25, 0.3) is 0 Å². The molecule has 0 aromatic heterocycles. The van der Waals surface area contributed by atoms with E-state index < -0.39 is 0 Å². The quantitative estimate of drug-likeness (QED) is 0.0622. The number of carbonyl (C=O) groups excluding carboxylic acids is 4. The zero-order valence-electron chi connectivity index (χ0n) is 31.9. The Morgan fingerprint density at radius 3 is 1.16 bits per heavy atom. The van der Waals surface area contributed by atoms with Crippen molar-refractivity contribution in [1.82, 2.24) is 21.3 Å². The van der Waals surface area contributed by atoms with Gasteiger partial charge in [-0.25, -0.2) is 0 Å². The summed E-state index contributed by atoms with van der Waals surface area (Å²) in [5, 5.41) is 11.2. The number of unbranched alkanes of at least 4 members (excludes halogenated alkanes) is 15. The molecule has 0 aliphatic carbocycles. The van der Waals surface area contributed by atoms with Crippen LogP contribution in [0.2, 0.25) is 0 Å². The molecule has 0 saturated carbocycles. The molecule has 0 aromatic carbocycles. The lowest BCUT2D eigenvalue weighted by molar-refractivity contribution is -0.127. The second-order valence-corrected chi connectivity index (χ2v) is 12.9. The van der Waals surface area contributed by atoms with E-state index in [0.29, 0.717) is 78.5 Å². The van der Waals surface area contributed by atoms with Gasteiger partial charge in [0.05, 0.1) is 39.6 Å². The highest BCUT2D eigenvalue weighted by Crippen LogP contribution is 2.13. The lowest BCUT2D eigenvalue weighted by Gasteiger charge is -2.09. The minimum Gasteiger partial charge on any atom is -0.377 e. The molecule has 4 amide bonds. The summed E-state index contributed by atoms with van der Waals surface area (Å²) >= 11 is 0. The predicted octanol–water partition coefficient (Wildman–Crippen LogP) is 5.36. The van der Waals surface area contributed by atoms with Crippen molar-refractivity contribution in [3.8, 4) is 0 Å². The van der Waals surface area contributed by atoms with E-state index >= 15 is 0 Å². The van der Waals surface area contributed by atoms with Crippen LogP contribution in [0.3, 0.4) is 0 Å². The molecule has 0 atom stereocenters. The van der Waals surface area contributed by atoms with Gasteiger partial charge in [0.1, 0.15) is 13.2 Å². The van der Waals surface area contributed by atoms with Crippen molar-refractivity contribution in [2.45, 2.75) is 142 Å². The molecular formula is C38H74N4O8. The standard InChI is InChI=1S/C38H74N4O8/c1-3-5-7-8-9-10-11-12-13-14-15-16-17-18-19-21-35(43)39-24-20-22-36(44)41-25-27-47-29-32-50-34-38(46)42-26-28-48-30-31-49-33-37(45)40-23-6-4-2/h3-34H2,1-2H3,(H,39,43)(H,40,45)(H,41,44)(H,42,46). The van der Waals surface area contributed by atoms with E-state index in [1.165, 1.54) is 83.5 Å². The summed E-state index contributed by atoms with van der Waals surface area (Å²) in [6.07, 6.45) is 23.1. The molecule has 0 radical (unpaired) electrons. The molecule has 0 saturated heterocycles. The first kappa shape index (κ1) is 47.7. The molecule has 0 rings (SSSR count). The number of hydrogen-bond acceptors (Lipinski definition) is 8. The number of hydrogen-bond donors (Lipinski definition) is 4. The van der Waals surface area contributed by atoms with Crippen molar-refractivity contribution >= 4 is 23.6 Å². The number of ether oxygens (including phenoxy) is 4. The van der Waals surface area contributed by atoms with Gasteiger partial charge in [-0.15, -0.1) is 0 Å². The number of carbonyl (C=O) groups is 4. The first-order valence-corrected chi connectivity index (χ1v) is 19.9. The Balaban J connectivity index is 3.36. The van der Waals surface area contributed by atoms with Gasteiger partial charge < -0.3 is 40.2 Å². The molecule has 0 heterocycles. The monoisotopic (exact) mass is 715 g/mol. The zero-order chi connectivity index (χ0) is 36.6. The average molecular weight is 715 g/mol. The lowest BCUT2D eigenvalue weighted by atomic mass is 10.0. The van der Waals surface area contributed by atoms with Gasteiger partial charge in [-0.2, -0.15) is 0 Å². The van der Waals surface area contributed by atoms with Gasteiger partial charge >= 0.3 is 0 Å². The summed E-state index contributed by atoms with van der Waals surface area (Å²) in [5.41, 5.74) is 0. The Labute approximate surface area is 304 Å². The minimum atomic E-state index is -0.248. The topological polar surface area (TPSA) is 153 Å². The fourth-order valence-corrected chi connectivity index (χ4v) is 5.11. The van der Waals surface area contributed by atoms with Crippen LogP contribution in [0.5, 0.6) is 0 Å². The first-order valence-electron chi connectivity index (χ1n) is 19.9. The fourth-order valence-electron chi connectivity index (χ4n) is 5.11. The van der Waals surface area contributed by atoms with Crippen LogP contribution in [0, 0.1) is 0 Å². The molecule has 0 aliphatic heterocycles. The van der Waals surface area contributed by atoms with E-state index in [1.807, 2.05) is 0 Å². The molecule has 0 fully saturated rings.